The van der Waals surface area contributed by atoms with Crippen LogP contribution in [0.4, 0.5) is 0 Å². The van der Waals surface area contributed by atoms with Crippen LogP contribution < -0.4 is 0 Å². The van der Waals surface area contributed by atoms with Gasteiger partial charge >= 0.3 is 5.97 Å². The average molecular weight is 492 g/mol. The van der Waals surface area contributed by atoms with E-state index in [-0.39, 0.29) is 19.6 Å². The third kappa shape index (κ3) is 2.44. The third-order valence-electron chi connectivity index (χ3n) is 4.64. The molecule has 0 amide bonds. The van der Waals surface area contributed by atoms with Gasteiger partial charge in [-0.05, 0) is 38.5 Å². The molecular formula is C13H18I2O4. The maximum atomic E-state index is 12.5. The van der Waals surface area contributed by atoms with Crippen molar-refractivity contribution in [3.8, 4) is 0 Å². The van der Waals surface area contributed by atoms with Crippen molar-refractivity contribution in [2.24, 2.45) is 5.41 Å². The molecule has 4 bridgehead atoms. The molecule has 0 spiro atoms. The van der Waals surface area contributed by atoms with Gasteiger partial charge in [0.25, 0.3) is 0 Å². The average Bonchev–Trinajstić information content (AvgIpc) is 2.18. The van der Waals surface area contributed by atoms with Gasteiger partial charge in [-0.2, -0.15) is 0 Å². The second kappa shape index (κ2) is 4.42. The predicted octanol–water partition coefficient (Wildman–Crippen LogP) is 2.58. The van der Waals surface area contributed by atoms with Gasteiger partial charge in [0.05, 0.1) is 11.0 Å². The van der Waals surface area contributed by atoms with Crippen molar-refractivity contribution in [3.63, 3.8) is 0 Å². The van der Waals surface area contributed by atoms with E-state index in [1.54, 1.807) is 0 Å². The maximum absolute atomic E-state index is 12.5. The first-order chi connectivity index (χ1) is 8.72. The molecule has 0 aliphatic heterocycles. The van der Waals surface area contributed by atoms with Crippen molar-refractivity contribution in [2.45, 2.75) is 51.0 Å². The number of aliphatic hydroxyl groups is 1. The molecule has 4 aliphatic rings. The Morgan fingerprint density at radius 3 is 2.16 bits per heavy atom. The molecule has 4 aliphatic carbocycles. The number of halogens is 2. The van der Waals surface area contributed by atoms with Crippen molar-refractivity contribution in [1.82, 2.24) is 0 Å². The summed E-state index contributed by atoms with van der Waals surface area (Å²) in [6.45, 7) is 0.00149. The first-order valence-corrected chi connectivity index (χ1v) is 8.65. The van der Waals surface area contributed by atoms with Crippen molar-refractivity contribution in [3.05, 3.63) is 0 Å². The number of rotatable bonds is 3. The topological polar surface area (TPSA) is 55.8 Å². The highest BCUT2D eigenvalue weighted by molar-refractivity contribution is 14.1. The highest BCUT2D eigenvalue weighted by Gasteiger charge is 2.69. The summed E-state index contributed by atoms with van der Waals surface area (Å²) in [5.41, 5.74) is -1.20. The molecule has 19 heavy (non-hydrogen) atoms. The number of alkyl halides is 2. The van der Waals surface area contributed by atoms with E-state index in [0.717, 1.165) is 32.1 Å². The molecule has 2 unspecified atom stereocenters. The van der Waals surface area contributed by atoms with E-state index in [1.165, 1.54) is 7.11 Å². The van der Waals surface area contributed by atoms with Crippen LogP contribution in [-0.4, -0.2) is 37.4 Å². The normalized spacial score (nSPS) is 51.4. The number of methoxy groups -OCH3 is 1. The molecule has 0 heterocycles. The summed E-state index contributed by atoms with van der Waals surface area (Å²) in [4.78, 5) is 12.5. The molecule has 4 saturated carbocycles. The highest BCUT2D eigenvalue weighted by atomic mass is 127. The molecule has 0 aromatic rings. The largest absolute Gasteiger partial charge is 0.438 e. The molecule has 0 saturated heterocycles. The highest BCUT2D eigenvalue weighted by Crippen LogP contribution is 2.69. The Morgan fingerprint density at radius 1 is 1.11 bits per heavy atom. The minimum Gasteiger partial charge on any atom is -0.438 e. The molecular weight excluding hydrogens is 474 g/mol. The predicted molar refractivity (Wildman–Crippen MR) is 86.6 cm³/mol. The number of carbonyl (C=O) groups is 1. The Morgan fingerprint density at radius 2 is 1.68 bits per heavy atom. The van der Waals surface area contributed by atoms with E-state index in [9.17, 15) is 9.90 Å². The van der Waals surface area contributed by atoms with Crippen molar-refractivity contribution < 1.29 is 19.4 Å². The van der Waals surface area contributed by atoms with Crippen molar-refractivity contribution in [1.29, 1.82) is 0 Å². The Bertz CT molecular complexity index is 371. The summed E-state index contributed by atoms with van der Waals surface area (Å²) in [6, 6.07) is 0. The first kappa shape index (κ1) is 14.8. The lowest BCUT2D eigenvalue weighted by atomic mass is 9.48. The summed E-state index contributed by atoms with van der Waals surface area (Å²) in [6.07, 6.45) is 4.92. The van der Waals surface area contributed by atoms with Gasteiger partial charge in [0, 0.05) is 14.0 Å². The fourth-order valence-corrected chi connectivity index (χ4v) is 9.89. The first-order valence-electron chi connectivity index (χ1n) is 6.49. The van der Waals surface area contributed by atoms with Crippen LogP contribution in [0.3, 0.4) is 0 Å². The minimum atomic E-state index is -0.691. The van der Waals surface area contributed by atoms with Crippen molar-refractivity contribution in [2.75, 3.05) is 13.9 Å². The van der Waals surface area contributed by atoms with Crippen molar-refractivity contribution >= 4 is 51.2 Å². The van der Waals surface area contributed by atoms with Crippen LogP contribution in [0, 0.1) is 5.41 Å². The van der Waals surface area contributed by atoms with E-state index < -0.39 is 11.0 Å². The molecule has 1 N–H and O–H groups in total. The van der Waals surface area contributed by atoms with E-state index in [1.807, 2.05) is 0 Å². The van der Waals surface area contributed by atoms with Gasteiger partial charge in [0.1, 0.15) is 0 Å². The molecule has 108 valence electrons. The summed E-state index contributed by atoms with van der Waals surface area (Å²) in [5, 5.41) is 10.8. The zero-order chi connectivity index (χ0) is 13.9. The van der Waals surface area contributed by atoms with Crippen LogP contribution in [0.15, 0.2) is 0 Å². The second-order valence-electron chi connectivity index (χ2n) is 6.71. The van der Waals surface area contributed by atoms with E-state index in [0.29, 0.717) is 6.42 Å². The van der Waals surface area contributed by atoms with Crippen LogP contribution in [-0.2, 0) is 14.3 Å². The SMILES string of the molecule is COCOC(=O)C12CC3(O)CC(I)(CC(I)(C3)C1)C2. The molecule has 2 atom stereocenters. The summed E-state index contributed by atoms with van der Waals surface area (Å²) in [5.74, 6) is -0.186. The fourth-order valence-electron chi connectivity index (χ4n) is 4.82. The number of carbonyl (C=O) groups excluding carboxylic acids is 1. The minimum absolute atomic E-state index is 0.00149. The molecule has 6 heteroatoms. The van der Waals surface area contributed by atoms with Crippen LogP contribution in [0.1, 0.15) is 38.5 Å². The Balaban J connectivity index is 1.93. The number of hydrogen-bond donors (Lipinski definition) is 1. The van der Waals surface area contributed by atoms with Gasteiger partial charge in [-0.3, -0.25) is 4.79 Å². The zero-order valence-electron chi connectivity index (χ0n) is 10.9. The van der Waals surface area contributed by atoms with Gasteiger partial charge in [-0.15, -0.1) is 0 Å². The zero-order valence-corrected chi connectivity index (χ0v) is 15.2. The van der Waals surface area contributed by atoms with E-state index in [4.69, 9.17) is 9.47 Å². The summed E-state index contributed by atoms with van der Waals surface area (Å²) >= 11 is 4.93. The molecule has 4 nitrogen and oxygen atoms in total. The second-order valence-corrected chi connectivity index (χ2v) is 11.3. The Kier molecular flexibility index (Phi) is 3.44. The lowest BCUT2D eigenvalue weighted by Crippen LogP contribution is -2.67. The van der Waals surface area contributed by atoms with E-state index in [2.05, 4.69) is 45.2 Å². The van der Waals surface area contributed by atoms with E-state index >= 15 is 0 Å². The standard InChI is InChI=1S/C13H18I2O4/c1-18-8-19-9(16)10-2-11(14)5-12(15,3-10)7-13(17,4-10)6-11/h17H,2-8H2,1H3. The summed E-state index contributed by atoms with van der Waals surface area (Å²) < 4.78 is 10.1. The van der Waals surface area contributed by atoms with Crippen LogP contribution in [0.2, 0.25) is 0 Å². The van der Waals surface area contributed by atoms with Crippen LogP contribution >= 0.6 is 45.2 Å². The van der Waals surface area contributed by atoms with Gasteiger partial charge in [-0.25, -0.2) is 0 Å². The quantitative estimate of drug-likeness (QED) is 0.285. The van der Waals surface area contributed by atoms with Gasteiger partial charge < -0.3 is 14.6 Å². The molecule has 0 aromatic heterocycles. The van der Waals surface area contributed by atoms with Crippen LogP contribution in [0.5, 0.6) is 0 Å². The molecule has 4 rings (SSSR count). The smallest absolute Gasteiger partial charge is 0.314 e. The third-order valence-corrected chi connectivity index (χ3v) is 6.93. The molecule has 0 aromatic carbocycles. The van der Waals surface area contributed by atoms with Gasteiger partial charge in [0.15, 0.2) is 6.79 Å². The lowest BCUT2D eigenvalue weighted by molar-refractivity contribution is -0.192. The number of hydrogen-bond acceptors (Lipinski definition) is 4. The fraction of sp³-hybridized carbons (Fsp3) is 0.923. The monoisotopic (exact) mass is 492 g/mol. The molecule has 4 fully saturated rings. The molecule has 0 radical (unpaired) electrons. The van der Waals surface area contributed by atoms with Gasteiger partial charge in [0.2, 0.25) is 0 Å². The Hall–Kier alpha value is 0.850. The summed E-state index contributed by atoms with van der Waals surface area (Å²) in [7, 11) is 1.51. The Labute approximate surface area is 140 Å². The lowest BCUT2D eigenvalue weighted by Gasteiger charge is -2.65. The number of esters is 1. The van der Waals surface area contributed by atoms with Gasteiger partial charge in [-0.1, -0.05) is 45.2 Å². The maximum Gasteiger partial charge on any atom is 0.314 e. The van der Waals surface area contributed by atoms with Crippen LogP contribution in [0.25, 0.3) is 0 Å². The number of ether oxygens (including phenoxy) is 2.